The van der Waals surface area contributed by atoms with Gasteiger partial charge in [-0.05, 0) is 42.4 Å². The summed E-state index contributed by atoms with van der Waals surface area (Å²) in [4.78, 5) is 50.0. The van der Waals surface area contributed by atoms with E-state index >= 15 is 9.59 Å². The SMILES string of the molecule is C=CCN(Cc1ccccc1)C(=O)C1N([C@@H](CO)Cc2ccccc2)C(=O)[C@@H]2[C@H](C(=O)N(CC=C)Cc3ccccc3)[C@@]3(C)OC12CC3C. The molecule has 8 heteroatoms. The molecule has 1 spiro atoms. The molecule has 3 aliphatic rings. The van der Waals surface area contributed by atoms with Gasteiger partial charge in [-0.15, -0.1) is 13.2 Å². The lowest BCUT2D eigenvalue weighted by molar-refractivity contribution is -0.158. The third kappa shape index (κ3) is 6.13. The highest BCUT2D eigenvalue weighted by Crippen LogP contribution is 2.66. The number of aliphatic hydroxyl groups is 1. The largest absolute Gasteiger partial charge is 0.394 e. The second kappa shape index (κ2) is 14.1. The summed E-state index contributed by atoms with van der Waals surface area (Å²) in [6.07, 6.45) is 4.17. The minimum atomic E-state index is -1.25. The number of aliphatic hydroxyl groups excluding tert-OH is 1. The van der Waals surface area contributed by atoms with Crippen LogP contribution in [-0.4, -0.2) is 80.5 Å². The second-order valence-electron chi connectivity index (χ2n) is 14.0. The van der Waals surface area contributed by atoms with Crippen molar-refractivity contribution in [2.45, 2.75) is 63.1 Å². The van der Waals surface area contributed by atoms with E-state index in [9.17, 15) is 9.90 Å². The maximum atomic E-state index is 15.1. The van der Waals surface area contributed by atoms with E-state index in [0.717, 1.165) is 16.7 Å². The van der Waals surface area contributed by atoms with Gasteiger partial charge in [0.05, 0.1) is 30.1 Å². The average Bonchev–Trinajstić information content (AvgIpc) is 3.63. The Morgan fingerprint density at radius 1 is 0.878 bits per heavy atom. The van der Waals surface area contributed by atoms with Gasteiger partial charge in [0.25, 0.3) is 0 Å². The number of amides is 3. The lowest BCUT2D eigenvalue weighted by Gasteiger charge is -2.39. The quantitative estimate of drug-likeness (QED) is 0.245. The van der Waals surface area contributed by atoms with Crippen LogP contribution in [0.5, 0.6) is 0 Å². The number of ether oxygens (including phenoxy) is 1. The summed E-state index contributed by atoms with van der Waals surface area (Å²) in [7, 11) is 0. The van der Waals surface area contributed by atoms with Gasteiger partial charge >= 0.3 is 0 Å². The fourth-order valence-corrected chi connectivity index (χ4v) is 8.62. The van der Waals surface area contributed by atoms with Gasteiger partial charge in [0, 0.05) is 26.2 Å². The van der Waals surface area contributed by atoms with E-state index in [0.29, 0.717) is 32.5 Å². The van der Waals surface area contributed by atoms with E-state index in [-0.39, 0.29) is 36.8 Å². The van der Waals surface area contributed by atoms with Crippen LogP contribution in [0.25, 0.3) is 0 Å². The summed E-state index contributed by atoms with van der Waals surface area (Å²) in [6.45, 7) is 12.7. The van der Waals surface area contributed by atoms with Crippen molar-refractivity contribution in [3.63, 3.8) is 0 Å². The monoisotopic (exact) mass is 661 g/mol. The number of nitrogens with zero attached hydrogens (tertiary/aromatic N) is 3. The van der Waals surface area contributed by atoms with Crippen molar-refractivity contribution in [2.24, 2.45) is 17.8 Å². The number of fused-ring (bicyclic) bond motifs is 1. The first-order valence-electron chi connectivity index (χ1n) is 17.2. The van der Waals surface area contributed by atoms with Crippen LogP contribution in [-0.2, 0) is 38.6 Å². The predicted molar refractivity (Wildman–Crippen MR) is 189 cm³/mol. The lowest BCUT2D eigenvalue weighted by atomic mass is 9.62. The van der Waals surface area contributed by atoms with Crippen LogP contribution in [0.3, 0.4) is 0 Å². The van der Waals surface area contributed by atoms with Crippen LogP contribution < -0.4 is 0 Å². The van der Waals surface area contributed by atoms with Gasteiger partial charge in [-0.25, -0.2) is 0 Å². The van der Waals surface area contributed by atoms with Gasteiger partial charge in [-0.3, -0.25) is 14.4 Å². The van der Waals surface area contributed by atoms with Crippen molar-refractivity contribution in [2.75, 3.05) is 19.7 Å². The lowest BCUT2D eigenvalue weighted by Crippen LogP contribution is -2.59. The minimum absolute atomic E-state index is 0.119. The number of rotatable bonds is 14. The molecule has 3 fully saturated rings. The molecular formula is C41H47N3O5. The Balaban J connectivity index is 1.45. The molecule has 3 aromatic rings. The molecule has 3 heterocycles. The smallest absolute Gasteiger partial charge is 0.249 e. The molecule has 256 valence electrons. The average molecular weight is 662 g/mol. The molecule has 8 nitrogen and oxygen atoms in total. The zero-order chi connectivity index (χ0) is 34.8. The summed E-state index contributed by atoms with van der Waals surface area (Å²) in [6, 6.07) is 27.4. The van der Waals surface area contributed by atoms with Crippen molar-refractivity contribution in [3.05, 3.63) is 133 Å². The van der Waals surface area contributed by atoms with Crippen LogP contribution in [0.2, 0.25) is 0 Å². The highest BCUT2D eigenvalue weighted by molar-refractivity contribution is 5.99. The van der Waals surface area contributed by atoms with Crippen molar-refractivity contribution >= 4 is 17.7 Å². The number of carbonyl (C=O) groups is 3. The first-order valence-corrected chi connectivity index (χ1v) is 17.2. The molecule has 0 saturated carbocycles. The van der Waals surface area contributed by atoms with Gasteiger partial charge in [0.15, 0.2) is 0 Å². The number of likely N-dealkylation sites (tertiary alicyclic amines) is 1. The summed E-state index contributed by atoms with van der Waals surface area (Å²) in [5.74, 6) is -2.63. The molecule has 6 rings (SSSR count). The Labute approximate surface area is 289 Å². The zero-order valence-corrected chi connectivity index (χ0v) is 28.5. The summed E-state index contributed by atoms with van der Waals surface area (Å²) in [5.41, 5.74) is 0.605. The highest BCUT2D eigenvalue weighted by atomic mass is 16.5. The normalized spacial score (nSPS) is 27.4. The molecule has 0 aromatic heterocycles. The molecular weight excluding hydrogens is 614 g/mol. The number of benzene rings is 3. The number of hydrogen-bond donors (Lipinski definition) is 1. The number of hydrogen-bond acceptors (Lipinski definition) is 5. The van der Waals surface area contributed by atoms with E-state index < -0.39 is 35.1 Å². The first-order chi connectivity index (χ1) is 23.7. The van der Waals surface area contributed by atoms with Gasteiger partial charge in [0.2, 0.25) is 17.7 Å². The van der Waals surface area contributed by atoms with E-state index in [2.05, 4.69) is 13.2 Å². The van der Waals surface area contributed by atoms with Gasteiger partial charge in [-0.1, -0.05) is 110 Å². The van der Waals surface area contributed by atoms with Crippen LogP contribution in [0.4, 0.5) is 0 Å². The van der Waals surface area contributed by atoms with E-state index in [1.165, 1.54) is 0 Å². The molecule has 7 atom stereocenters. The van der Waals surface area contributed by atoms with E-state index in [1.807, 2.05) is 105 Å². The molecule has 0 radical (unpaired) electrons. The Morgan fingerprint density at radius 2 is 1.37 bits per heavy atom. The second-order valence-corrected chi connectivity index (χ2v) is 14.0. The topological polar surface area (TPSA) is 90.4 Å². The van der Waals surface area contributed by atoms with Crippen LogP contribution >= 0.6 is 0 Å². The predicted octanol–water partition coefficient (Wildman–Crippen LogP) is 5.03. The van der Waals surface area contributed by atoms with Gasteiger partial charge in [0.1, 0.15) is 11.6 Å². The molecule has 3 unspecified atom stereocenters. The van der Waals surface area contributed by atoms with Crippen LogP contribution in [0.15, 0.2) is 116 Å². The standard InChI is InChI=1S/C41H47N3O5/c1-5-22-42(26-31-18-12-8-13-19-31)37(46)34-35-38(47)44(33(28-45)24-30-16-10-7-11-17-30)36(41(35)25-29(3)40(34,4)49-41)39(48)43(23-6-2)27-32-20-14-9-15-21-32/h5-21,29,33-36,45H,1-2,22-28H2,3-4H3/t29?,33-,34-,35+,36?,40+,41?/m1/s1. The van der Waals surface area contributed by atoms with E-state index in [4.69, 9.17) is 4.74 Å². The zero-order valence-electron chi connectivity index (χ0n) is 28.5. The van der Waals surface area contributed by atoms with Gasteiger partial charge < -0.3 is 24.5 Å². The van der Waals surface area contributed by atoms with Crippen molar-refractivity contribution < 1.29 is 24.2 Å². The summed E-state index contributed by atoms with van der Waals surface area (Å²) in [5, 5.41) is 10.9. The van der Waals surface area contributed by atoms with Crippen molar-refractivity contribution in [3.8, 4) is 0 Å². The Hall–Kier alpha value is -4.53. The third-order valence-corrected chi connectivity index (χ3v) is 10.9. The maximum Gasteiger partial charge on any atom is 0.249 e. The van der Waals surface area contributed by atoms with Gasteiger partial charge in [-0.2, -0.15) is 0 Å². The van der Waals surface area contributed by atoms with Crippen LogP contribution in [0, 0.1) is 17.8 Å². The van der Waals surface area contributed by atoms with Crippen molar-refractivity contribution in [1.29, 1.82) is 0 Å². The highest BCUT2D eigenvalue weighted by Gasteiger charge is 2.80. The Kier molecular flexibility index (Phi) is 9.91. The molecule has 1 N–H and O–H groups in total. The molecule has 3 aliphatic heterocycles. The molecule has 3 aromatic carbocycles. The fraction of sp³-hybridized carbons (Fsp3) is 0.390. The maximum absolute atomic E-state index is 15.1. The summed E-state index contributed by atoms with van der Waals surface area (Å²) >= 11 is 0. The molecule has 49 heavy (non-hydrogen) atoms. The molecule has 3 saturated heterocycles. The fourth-order valence-electron chi connectivity index (χ4n) is 8.62. The molecule has 2 bridgehead atoms. The van der Waals surface area contributed by atoms with E-state index in [1.54, 1.807) is 26.9 Å². The molecule has 0 aliphatic carbocycles. The molecule has 3 amide bonds. The van der Waals surface area contributed by atoms with Crippen LogP contribution in [0.1, 0.15) is 37.0 Å². The first kappa shape index (κ1) is 34.3. The number of carbonyl (C=O) groups excluding carboxylic acids is 3. The minimum Gasteiger partial charge on any atom is -0.394 e. The van der Waals surface area contributed by atoms with Crippen molar-refractivity contribution in [1.82, 2.24) is 14.7 Å². The third-order valence-electron chi connectivity index (χ3n) is 10.9. The Bertz CT molecular complexity index is 1670. The summed E-state index contributed by atoms with van der Waals surface area (Å²) < 4.78 is 7.06. The Morgan fingerprint density at radius 3 is 1.86 bits per heavy atom.